The van der Waals surface area contributed by atoms with E-state index in [1.807, 2.05) is 32.9 Å². The molecule has 1 aliphatic carbocycles. The van der Waals surface area contributed by atoms with Crippen LogP contribution in [0.5, 0.6) is 0 Å². The zero-order valence-corrected chi connectivity index (χ0v) is 20.1. The largest absolute Gasteiger partial charge is 0.492 e. The molecule has 0 saturated heterocycles. The van der Waals surface area contributed by atoms with E-state index in [-0.39, 0.29) is 12.5 Å². The second kappa shape index (κ2) is 11.6. The standard InChI is InChI=1S/C23H30BrClN2O3/c1-4-7-16(5-2)14-27-20-10-9-19(25)21(30-11-6-8-22(28)29)13-17(20)18(23(27)24)12-15(3)26/h4-5,7,10,13,15H,6,8-9,11-12,14,26H2,1-3H3,(H,28,29)/b7-4-,16-5+. The van der Waals surface area contributed by atoms with Gasteiger partial charge in [-0.15, -0.1) is 0 Å². The minimum absolute atomic E-state index is 0.00554. The quantitative estimate of drug-likeness (QED) is 0.379. The van der Waals surface area contributed by atoms with Crippen LogP contribution in [0.3, 0.4) is 0 Å². The summed E-state index contributed by atoms with van der Waals surface area (Å²) in [7, 11) is 0. The van der Waals surface area contributed by atoms with Crippen molar-refractivity contribution in [3.8, 4) is 0 Å². The third-order valence-electron chi connectivity index (χ3n) is 4.81. The van der Waals surface area contributed by atoms with Gasteiger partial charge in [0, 0.05) is 36.0 Å². The maximum atomic E-state index is 10.7. The molecule has 164 valence electrons. The molecule has 1 aliphatic rings. The molecular weight excluding hydrogens is 468 g/mol. The van der Waals surface area contributed by atoms with Gasteiger partial charge in [-0.2, -0.15) is 0 Å². The summed E-state index contributed by atoms with van der Waals surface area (Å²) in [5.41, 5.74) is 8.45. The zero-order valence-electron chi connectivity index (χ0n) is 17.8. The van der Waals surface area contributed by atoms with E-state index in [1.165, 1.54) is 5.57 Å². The van der Waals surface area contributed by atoms with Gasteiger partial charge >= 0.3 is 5.97 Å². The lowest BCUT2D eigenvalue weighted by molar-refractivity contribution is -0.137. The van der Waals surface area contributed by atoms with Crippen LogP contribution < -0.4 is 16.3 Å². The molecule has 3 N–H and O–H groups in total. The Morgan fingerprint density at radius 2 is 2.20 bits per heavy atom. The van der Waals surface area contributed by atoms with Gasteiger partial charge in [-0.05, 0) is 66.8 Å². The fourth-order valence-corrected chi connectivity index (χ4v) is 4.27. The average molecular weight is 498 g/mol. The van der Waals surface area contributed by atoms with Crippen LogP contribution in [0, 0.1) is 0 Å². The van der Waals surface area contributed by atoms with E-state index in [9.17, 15) is 4.79 Å². The molecule has 1 aromatic heterocycles. The van der Waals surface area contributed by atoms with Gasteiger partial charge < -0.3 is 20.1 Å². The third-order valence-corrected chi connectivity index (χ3v) is 6.05. The molecule has 0 fully saturated rings. The maximum Gasteiger partial charge on any atom is 0.303 e. The molecule has 0 bridgehead atoms. The number of carboxylic acids is 1. The van der Waals surface area contributed by atoms with E-state index >= 15 is 0 Å². The number of aromatic nitrogens is 1. The summed E-state index contributed by atoms with van der Waals surface area (Å²) in [6, 6.07) is -0.00554. The van der Waals surface area contributed by atoms with E-state index in [1.54, 1.807) is 0 Å². The van der Waals surface area contributed by atoms with E-state index in [0.717, 1.165) is 27.3 Å². The second-order valence-electron chi connectivity index (χ2n) is 7.37. The van der Waals surface area contributed by atoms with Gasteiger partial charge in [0.2, 0.25) is 0 Å². The lowest BCUT2D eigenvalue weighted by Gasteiger charge is -2.10. The van der Waals surface area contributed by atoms with E-state index in [4.69, 9.17) is 27.2 Å². The number of ether oxygens (including phenoxy) is 1. The number of carboxylic acid groups (broad SMARTS) is 1. The number of allylic oxidation sites excluding steroid dienone is 6. The highest BCUT2D eigenvalue weighted by molar-refractivity contribution is 9.10. The normalized spacial score (nSPS) is 15.5. The SMILES string of the molecule is C/C=C\C(=C/C)Cn1c(Br)c(CC(C)N)c2c1=CCC(Cl)=C(OCCCC(=O)O)C=2. The van der Waals surface area contributed by atoms with Crippen LogP contribution in [0.2, 0.25) is 0 Å². The van der Waals surface area contributed by atoms with Crippen LogP contribution in [0.1, 0.15) is 45.6 Å². The third kappa shape index (κ3) is 6.37. The highest BCUT2D eigenvalue weighted by Gasteiger charge is 2.18. The number of hydrogen-bond donors (Lipinski definition) is 2. The molecule has 1 unspecified atom stereocenters. The highest BCUT2D eigenvalue weighted by atomic mass is 79.9. The van der Waals surface area contributed by atoms with Crippen LogP contribution in [0.15, 0.2) is 39.2 Å². The Labute approximate surface area is 191 Å². The fraction of sp³-hybridized carbons (Fsp3) is 0.435. The first-order valence-corrected chi connectivity index (χ1v) is 11.3. The van der Waals surface area contributed by atoms with Crippen molar-refractivity contribution in [2.45, 2.75) is 59.0 Å². The summed E-state index contributed by atoms with van der Waals surface area (Å²) >= 11 is 10.3. The summed E-state index contributed by atoms with van der Waals surface area (Å²) in [6.07, 6.45) is 12.1. The molecule has 5 nitrogen and oxygen atoms in total. The summed E-state index contributed by atoms with van der Waals surface area (Å²) in [5, 5.41) is 11.5. The Kier molecular flexibility index (Phi) is 9.46. The molecule has 1 aromatic rings. The molecular formula is C23H30BrClN2O3. The first-order chi connectivity index (χ1) is 14.3. The van der Waals surface area contributed by atoms with E-state index in [0.29, 0.717) is 36.7 Å². The predicted molar refractivity (Wildman–Crippen MR) is 127 cm³/mol. The predicted octanol–water partition coefficient (Wildman–Crippen LogP) is 3.96. The lowest BCUT2D eigenvalue weighted by Crippen LogP contribution is -2.32. The Bertz CT molecular complexity index is 987. The number of aliphatic carboxylic acids is 1. The number of nitrogens with two attached hydrogens (primary N) is 1. The van der Waals surface area contributed by atoms with E-state index < -0.39 is 5.97 Å². The smallest absolute Gasteiger partial charge is 0.303 e. The fourth-order valence-electron chi connectivity index (χ4n) is 3.39. The topological polar surface area (TPSA) is 77.5 Å². The van der Waals surface area contributed by atoms with Crippen molar-refractivity contribution in [1.82, 2.24) is 4.57 Å². The molecule has 30 heavy (non-hydrogen) atoms. The van der Waals surface area contributed by atoms with Crippen LogP contribution in [-0.2, 0) is 22.5 Å². The molecule has 0 radical (unpaired) electrons. The Morgan fingerprint density at radius 3 is 2.80 bits per heavy atom. The first-order valence-electron chi connectivity index (χ1n) is 10.1. The van der Waals surface area contributed by atoms with Crippen molar-refractivity contribution >= 4 is 45.7 Å². The van der Waals surface area contributed by atoms with Crippen molar-refractivity contribution < 1.29 is 14.6 Å². The minimum Gasteiger partial charge on any atom is -0.492 e. The number of halogens is 2. The molecule has 0 aromatic carbocycles. The summed E-state index contributed by atoms with van der Waals surface area (Å²) < 4.78 is 9.10. The van der Waals surface area contributed by atoms with Crippen molar-refractivity contribution in [3.05, 3.63) is 55.3 Å². The van der Waals surface area contributed by atoms with Gasteiger partial charge in [-0.25, -0.2) is 0 Å². The van der Waals surface area contributed by atoms with Gasteiger partial charge in [0.25, 0.3) is 0 Å². The number of nitrogens with zero attached hydrogens (tertiary/aromatic N) is 1. The summed E-state index contributed by atoms with van der Waals surface area (Å²) in [4.78, 5) is 10.7. The summed E-state index contributed by atoms with van der Waals surface area (Å²) in [5.74, 6) is -0.243. The Balaban J connectivity index is 2.52. The van der Waals surface area contributed by atoms with Gasteiger partial charge in [-0.3, -0.25) is 4.79 Å². The zero-order chi connectivity index (χ0) is 22.3. The monoisotopic (exact) mass is 496 g/mol. The number of fused-ring (bicyclic) bond motifs is 1. The number of carbonyl (C=O) groups is 1. The van der Waals surface area contributed by atoms with Crippen molar-refractivity contribution in [1.29, 1.82) is 0 Å². The number of hydrogen-bond acceptors (Lipinski definition) is 3. The molecule has 1 atom stereocenters. The first kappa shape index (κ1) is 24.5. The molecule has 0 amide bonds. The highest BCUT2D eigenvalue weighted by Crippen LogP contribution is 2.22. The molecule has 0 aliphatic heterocycles. The van der Waals surface area contributed by atoms with Gasteiger partial charge in [0.1, 0.15) is 5.76 Å². The van der Waals surface area contributed by atoms with Crippen LogP contribution >= 0.6 is 27.5 Å². The Hall–Kier alpha value is -1.76. The lowest BCUT2D eigenvalue weighted by atomic mass is 10.1. The van der Waals surface area contributed by atoms with Gasteiger partial charge in [-0.1, -0.05) is 35.9 Å². The van der Waals surface area contributed by atoms with Crippen LogP contribution in [0.25, 0.3) is 12.2 Å². The molecule has 0 saturated carbocycles. The molecule has 0 spiro atoms. The number of rotatable bonds is 10. The Morgan fingerprint density at radius 1 is 1.47 bits per heavy atom. The minimum atomic E-state index is -0.833. The van der Waals surface area contributed by atoms with E-state index in [2.05, 4.69) is 38.7 Å². The molecule has 2 rings (SSSR count). The van der Waals surface area contributed by atoms with Crippen molar-refractivity contribution in [2.75, 3.05) is 6.61 Å². The van der Waals surface area contributed by atoms with Crippen LogP contribution in [0.4, 0.5) is 0 Å². The molecule has 1 heterocycles. The van der Waals surface area contributed by atoms with Crippen molar-refractivity contribution in [2.24, 2.45) is 5.73 Å². The molecule has 7 heteroatoms. The summed E-state index contributed by atoms with van der Waals surface area (Å²) in [6.45, 7) is 7.05. The average Bonchev–Trinajstić information content (AvgIpc) is 2.81. The van der Waals surface area contributed by atoms with Gasteiger partial charge in [0.15, 0.2) is 0 Å². The van der Waals surface area contributed by atoms with Crippen molar-refractivity contribution in [3.63, 3.8) is 0 Å². The van der Waals surface area contributed by atoms with Gasteiger partial charge in [0.05, 0.1) is 16.2 Å². The maximum absolute atomic E-state index is 10.7. The second-order valence-corrected chi connectivity index (χ2v) is 8.57. The van der Waals surface area contributed by atoms with Crippen LogP contribution in [-0.4, -0.2) is 28.3 Å².